The van der Waals surface area contributed by atoms with Gasteiger partial charge in [0.25, 0.3) is 10.0 Å². The first kappa shape index (κ1) is 16.0. The molecule has 0 bridgehead atoms. The van der Waals surface area contributed by atoms with Crippen LogP contribution >= 0.6 is 11.3 Å². The molecule has 0 atom stereocenters. The Labute approximate surface area is 138 Å². The third-order valence-corrected chi connectivity index (χ3v) is 6.66. The van der Waals surface area contributed by atoms with Crippen LogP contribution in [0.5, 0.6) is 0 Å². The SMILES string of the molecule is CCC(=O)Nc1nnc(S(=O)(=O)N2CCc3ccccc3C2)s1. The summed E-state index contributed by atoms with van der Waals surface area (Å²) in [5, 5.41) is 10.2. The van der Waals surface area contributed by atoms with Crippen molar-refractivity contribution < 1.29 is 13.2 Å². The Balaban J connectivity index is 1.81. The van der Waals surface area contributed by atoms with E-state index < -0.39 is 10.0 Å². The fourth-order valence-corrected chi connectivity index (χ4v) is 4.83. The van der Waals surface area contributed by atoms with Gasteiger partial charge in [0.2, 0.25) is 15.4 Å². The quantitative estimate of drug-likeness (QED) is 0.845. The van der Waals surface area contributed by atoms with Gasteiger partial charge in [0.1, 0.15) is 0 Å². The molecule has 9 heteroatoms. The molecule has 2 heterocycles. The molecule has 0 saturated carbocycles. The van der Waals surface area contributed by atoms with Crippen molar-refractivity contribution in [2.75, 3.05) is 11.9 Å². The molecule has 3 rings (SSSR count). The van der Waals surface area contributed by atoms with E-state index in [-0.39, 0.29) is 15.4 Å². The Morgan fingerprint density at radius 1 is 1.30 bits per heavy atom. The van der Waals surface area contributed by atoms with E-state index >= 15 is 0 Å². The minimum Gasteiger partial charge on any atom is -0.301 e. The molecule has 23 heavy (non-hydrogen) atoms. The molecule has 1 amide bonds. The van der Waals surface area contributed by atoms with Crippen molar-refractivity contribution in [2.45, 2.75) is 30.6 Å². The van der Waals surface area contributed by atoms with Crippen LogP contribution in [0.1, 0.15) is 24.5 Å². The van der Waals surface area contributed by atoms with Gasteiger partial charge in [-0.3, -0.25) is 4.79 Å². The molecule has 0 radical (unpaired) electrons. The second-order valence-corrected chi connectivity index (χ2v) is 8.22. The van der Waals surface area contributed by atoms with E-state index in [4.69, 9.17) is 0 Å². The number of sulfonamides is 1. The molecular formula is C14H16N4O3S2. The summed E-state index contributed by atoms with van der Waals surface area (Å²) in [5.41, 5.74) is 2.18. The topological polar surface area (TPSA) is 92.3 Å². The van der Waals surface area contributed by atoms with E-state index in [1.807, 2.05) is 24.3 Å². The number of carbonyl (C=O) groups excluding carboxylic acids is 1. The maximum absolute atomic E-state index is 12.7. The van der Waals surface area contributed by atoms with Gasteiger partial charge < -0.3 is 5.32 Å². The second kappa shape index (κ2) is 6.34. The number of aromatic nitrogens is 2. The Hall–Kier alpha value is -1.84. The highest BCUT2D eigenvalue weighted by atomic mass is 32.2. The predicted molar refractivity (Wildman–Crippen MR) is 86.6 cm³/mol. The molecule has 1 N–H and O–H groups in total. The molecule has 1 aliphatic heterocycles. The second-order valence-electron chi connectivity index (χ2n) is 5.13. The highest BCUT2D eigenvalue weighted by molar-refractivity contribution is 7.91. The summed E-state index contributed by atoms with van der Waals surface area (Å²) in [6, 6.07) is 7.81. The van der Waals surface area contributed by atoms with Crippen molar-refractivity contribution in [3.63, 3.8) is 0 Å². The number of nitrogens with zero attached hydrogens (tertiary/aromatic N) is 3. The standard InChI is InChI=1S/C14H16N4O3S2/c1-2-12(19)15-13-16-17-14(22-13)23(20,21)18-8-7-10-5-3-4-6-11(10)9-18/h3-6H,2,7-9H2,1H3,(H,15,16,19). The number of nitrogens with one attached hydrogen (secondary N) is 1. The molecule has 2 aromatic rings. The third kappa shape index (κ3) is 3.26. The van der Waals surface area contributed by atoms with Crippen LogP contribution in [-0.2, 0) is 27.8 Å². The van der Waals surface area contributed by atoms with Crippen molar-refractivity contribution in [3.8, 4) is 0 Å². The highest BCUT2D eigenvalue weighted by Gasteiger charge is 2.31. The van der Waals surface area contributed by atoms with Crippen LogP contribution in [0.3, 0.4) is 0 Å². The molecule has 0 spiro atoms. The van der Waals surface area contributed by atoms with Crippen molar-refractivity contribution in [1.29, 1.82) is 0 Å². The molecule has 0 unspecified atom stereocenters. The lowest BCUT2D eigenvalue weighted by molar-refractivity contribution is -0.115. The van der Waals surface area contributed by atoms with Gasteiger partial charge in [0.05, 0.1) is 0 Å². The molecule has 1 aromatic carbocycles. The minimum absolute atomic E-state index is 0.0942. The van der Waals surface area contributed by atoms with Gasteiger partial charge >= 0.3 is 0 Å². The number of carbonyl (C=O) groups is 1. The Kier molecular flexibility index (Phi) is 4.42. The first-order valence-electron chi connectivity index (χ1n) is 7.21. The molecule has 122 valence electrons. The molecule has 0 aliphatic carbocycles. The van der Waals surface area contributed by atoms with E-state index in [2.05, 4.69) is 15.5 Å². The van der Waals surface area contributed by atoms with Crippen molar-refractivity contribution in [2.24, 2.45) is 0 Å². The highest BCUT2D eigenvalue weighted by Crippen LogP contribution is 2.27. The number of benzene rings is 1. The van der Waals surface area contributed by atoms with Gasteiger partial charge in [0.15, 0.2) is 0 Å². The number of hydrogen-bond acceptors (Lipinski definition) is 6. The summed E-state index contributed by atoms with van der Waals surface area (Å²) in [5.74, 6) is -0.225. The smallest absolute Gasteiger partial charge is 0.272 e. The van der Waals surface area contributed by atoms with Gasteiger partial charge in [-0.15, -0.1) is 10.2 Å². The lowest BCUT2D eigenvalue weighted by Crippen LogP contribution is -2.35. The van der Waals surface area contributed by atoms with Gasteiger partial charge in [-0.1, -0.05) is 42.5 Å². The minimum atomic E-state index is -3.70. The molecule has 0 fully saturated rings. The van der Waals surface area contributed by atoms with Crippen LogP contribution in [0.4, 0.5) is 5.13 Å². The van der Waals surface area contributed by atoms with E-state index in [1.54, 1.807) is 6.92 Å². The van der Waals surface area contributed by atoms with E-state index in [0.29, 0.717) is 25.9 Å². The Morgan fingerprint density at radius 3 is 2.78 bits per heavy atom. The summed E-state index contributed by atoms with van der Waals surface area (Å²) in [6.07, 6.45) is 0.970. The maximum atomic E-state index is 12.7. The van der Waals surface area contributed by atoms with Crippen LogP contribution in [0.2, 0.25) is 0 Å². The number of hydrogen-bond donors (Lipinski definition) is 1. The Bertz CT molecular complexity index is 832. The summed E-state index contributed by atoms with van der Waals surface area (Å²) >= 11 is 0.875. The maximum Gasteiger partial charge on any atom is 0.272 e. The molecule has 7 nitrogen and oxygen atoms in total. The van der Waals surface area contributed by atoms with Crippen molar-refractivity contribution in [1.82, 2.24) is 14.5 Å². The van der Waals surface area contributed by atoms with E-state index in [1.165, 1.54) is 9.87 Å². The van der Waals surface area contributed by atoms with Crippen LogP contribution in [0.25, 0.3) is 0 Å². The van der Waals surface area contributed by atoms with Crippen LogP contribution in [0, 0.1) is 0 Å². The van der Waals surface area contributed by atoms with Gasteiger partial charge in [-0.25, -0.2) is 8.42 Å². The number of rotatable bonds is 4. The average Bonchev–Trinajstić information content (AvgIpc) is 3.03. The van der Waals surface area contributed by atoms with Crippen LogP contribution in [0.15, 0.2) is 28.6 Å². The van der Waals surface area contributed by atoms with Gasteiger partial charge in [-0.05, 0) is 17.5 Å². The zero-order chi connectivity index (χ0) is 16.4. The fraction of sp³-hybridized carbons (Fsp3) is 0.357. The molecular weight excluding hydrogens is 336 g/mol. The lowest BCUT2D eigenvalue weighted by atomic mass is 10.0. The summed E-state index contributed by atoms with van der Waals surface area (Å²) < 4.78 is 26.7. The summed E-state index contributed by atoms with van der Waals surface area (Å²) in [7, 11) is -3.70. The van der Waals surface area contributed by atoms with Gasteiger partial charge in [-0.2, -0.15) is 4.31 Å². The summed E-state index contributed by atoms with van der Waals surface area (Å²) in [6.45, 7) is 2.45. The number of anilines is 1. The lowest BCUT2D eigenvalue weighted by Gasteiger charge is -2.26. The van der Waals surface area contributed by atoms with Gasteiger partial charge in [0, 0.05) is 19.5 Å². The number of amides is 1. The zero-order valence-corrected chi connectivity index (χ0v) is 14.2. The normalized spacial score (nSPS) is 15.2. The van der Waals surface area contributed by atoms with Crippen molar-refractivity contribution in [3.05, 3.63) is 35.4 Å². The summed E-state index contributed by atoms with van der Waals surface area (Å²) in [4.78, 5) is 11.3. The van der Waals surface area contributed by atoms with Crippen LogP contribution in [-0.4, -0.2) is 35.4 Å². The van der Waals surface area contributed by atoms with E-state index in [9.17, 15) is 13.2 Å². The third-order valence-electron chi connectivity index (χ3n) is 3.63. The predicted octanol–water partition coefficient (Wildman–Crippen LogP) is 1.63. The monoisotopic (exact) mass is 352 g/mol. The van der Waals surface area contributed by atoms with Crippen molar-refractivity contribution >= 4 is 32.4 Å². The van der Waals surface area contributed by atoms with Crippen LogP contribution < -0.4 is 5.32 Å². The molecule has 0 saturated heterocycles. The fourth-order valence-electron chi connectivity index (χ4n) is 2.36. The molecule has 1 aromatic heterocycles. The average molecular weight is 352 g/mol. The largest absolute Gasteiger partial charge is 0.301 e. The number of fused-ring (bicyclic) bond motifs is 1. The zero-order valence-electron chi connectivity index (χ0n) is 12.5. The first-order chi connectivity index (χ1) is 11.0. The molecule has 1 aliphatic rings. The first-order valence-corrected chi connectivity index (χ1v) is 9.46. The van der Waals surface area contributed by atoms with E-state index in [0.717, 1.165) is 16.9 Å². The Morgan fingerprint density at radius 2 is 2.04 bits per heavy atom.